The van der Waals surface area contributed by atoms with Gasteiger partial charge in [-0.1, -0.05) is 41.1 Å². The zero-order valence-corrected chi connectivity index (χ0v) is 12.7. The van der Waals surface area contributed by atoms with Crippen LogP contribution in [0, 0.1) is 0 Å². The first-order valence-corrected chi connectivity index (χ1v) is 7.46. The second kappa shape index (κ2) is 7.41. The molecule has 0 aliphatic heterocycles. The summed E-state index contributed by atoms with van der Waals surface area (Å²) in [5.41, 5.74) is 2.61. The zero-order valence-electron chi connectivity index (χ0n) is 11.1. The molecule has 0 spiro atoms. The Kier molecular flexibility index (Phi) is 5.55. The third-order valence-corrected chi connectivity index (χ3v) is 3.68. The van der Waals surface area contributed by atoms with Crippen molar-refractivity contribution < 1.29 is 0 Å². The van der Waals surface area contributed by atoms with Gasteiger partial charge in [0.25, 0.3) is 0 Å². The summed E-state index contributed by atoms with van der Waals surface area (Å²) in [6.45, 7) is 3.18. The van der Waals surface area contributed by atoms with Gasteiger partial charge in [0.2, 0.25) is 0 Å². The quantitative estimate of drug-likeness (QED) is 0.866. The van der Waals surface area contributed by atoms with Crippen molar-refractivity contribution in [1.29, 1.82) is 0 Å². The maximum Gasteiger partial charge on any atom is 0.0318 e. The van der Waals surface area contributed by atoms with Crippen LogP contribution in [-0.4, -0.2) is 11.5 Å². The average molecular weight is 319 g/mol. The summed E-state index contributed by atoms with van der Waals surface area (Å²) in [4.78, 5) is 4.14. The molecule has 0 bridgehead atoms. The largest absolute Gasteiger partial charge is 0.310 e. The Morgan fingerprint density at radius 2 is 2.16 bits per heavy atom. The maximum atomic E-state index is 4.14. The Bertz CT molecular complexity index is 499. The lowest BCUT2D eigenvalue weighted by atomic mass is 10.0. The average Bonchev–Trinajstić information content (AvgIpc) is 2.45. The SMILES string of the molecule is CCC(NCCc1cccnc1)c1cccc(Br)c1. The van der Waals surface area contributed by atoms with Gasteiger partial charge in [0.15, 0.2) is 0 Å². The lowest BCUT2D eigenvalue weighted by Gasteiger charge is -2.17. The molecule has 0 radical (unpaired) electrons. The van der Waals surface area contributed by atoms with E-state index in [0.717, 1.165) is 23.9 Å². The van der Waals surface area contributed by atoms with Gasteiger partial charge in [0, 0.05) is 22.9 Å². The summed E-state index contributed by atoms with van der Waals surface area (Å²) >= 11 is 3.53. The molecule has 2 nitrogen and oxygen atoms in total. The van der Waals surface area contributed by atoms with Gasteiger partial charge in [0.1, 0.15) is 0 Å². The number of rotatable bonds is 6. The second-order valence-electron chi connectivity index (χ2n) is 4.58. The molecule has 2 rings (SSSR count). The summed E-state index contributed by atoms with van der Waals surface area (Å²) in [6, 6.07) is 13.0. The predicted octanol–water partition coefficient (Wildman–Crippen LogP) is 4.13. The normalized spacial score (nSPS) is 12.3. The smallest absolute Gasteiger partial charge is 0.0318 e. The molecule has 0 aliphatic rings. The van der Waals surface area contributed by atoms with Crippen LogP contribution < -0.4 is 5.32 Å². The topological polar surface area (TPSA) is 24.9 Å². The highest BCUT2D eigenvalue weighted by Gasteiger charge is 2.08. The first-order chi connectivity index (χ1) is 9.29. The number of hydrogen-bond acceptors (Lipinski definition) is 2. The minimum atomic E-state index is 0.411. The van der Waals surface area contributed by atoms with E-state index < -0.39 is 0 Å². The summed E-state index contributed by atoms with van der Waals surface area (Å²) in [5.74, 6) is 0. The minimum absolute atomic E-state index is 0.411. The van der Waals surface area contributed by atoms with Crippen molar-refractivity contribution in [3.8, 4) is 0 Å². The van der Waals surface area contributed by atoms with E-state index in [9.17, 15) is 0 Å². The summed E-state index contributed by atoms with van der Waals surface area (Å²) in [6.07, 6.45) is 5.84. The fourth-order valence-corrected chi connectivity index (χ4v) is 2.57. The van der Waals surface area contributed by atoms with Crippen LogP contribution in [0.5, 0.6) is 0 Å². The molecule has 0 aliphatic carbocycles. The first kappa shape index (κ1) is 14.2. The van der Waals surface area contributed by atoms with Crippen LogP contribution in [0.25, 0.3) is 0 Å². The van der Waals surface area contributed by atoms with Crippen molar-refractivity contribution in [2.24, 2.45) is 0 Å². The van der Waals surface area contributed by atoms with E-state index >= 15 is 0 Å². The molecule has 2 aromatic rings. The third-order valence-electron chi connectivity index (χ3n) is 3.19. The van der Waals surface area contributed by atoms with Crippen LogP contribution in [0.15, 0.2) is 53.3 Å². The lowest BCUT2D eigenvalue weighted by molar-refractivity contribution is 0.522. The number of halogens is 1. The fraction of sp³-hybridized carbons (Fsp3) is 0.312. The van der Waals surface area contributed by atoms with Crippen molar-refractivity contribution >= 4 is 15.9 Å². The predicted molar refractivity (Wildman–Crippen MR) is 83.1 cm³/mol. The molecule has 1 aromatic carbocycles. The van der Waals surface area contributed by atoms with Crippen LogP contribution in [0.2, 0.25) is 0 Å². The number of nitrogens with one attached hydrogen (secondary N) is 1. The Morgan fingerprint density at radius 1 is 1.26 bits per heavy atom. The van der Waals surface area contributed by atoms with Gasteiger partial charge in [-0.05, 0) is 48.7 Å². The van der Waals surface area contributed by atoms with Crippen LogP contribution in [-0.2, 0) is 6.42 Å². The van der Waals surface area contributed by atoms with E-state index in [1.165, 1.54) is 11.1 Å². The number of nitrogens with zero attached hydrogens (tertiary/aromatic N) is 1. The number of benzene rings is 1. The third kappa shape index (κ3) is 4.44. The summed E-state index contributed by atoms with van der Waals surface area (Å²) in [7, 11) is 0. The van der Waals surface area contributed by atoms with Gasteiger partial charge in [0.05, 0.1) is 0 Å². The van der Waals surface area contributed by atoms with Crippen molar-refractivity contribution in [2.45, 2.75) is 25.8 Å². The van der Waals surface area contributed by atoms with Crippen LogP contribution in [0.3, 0.4) is 0 Å². The molecule has 1 N–H and O–H groups in total. The number of aromatic nitrogens is 1. The molecule has 0 saturated heterocycles. The molecule has 1 heterocycles. The Hall–Kier alpha value is -1.19. The molecule has 1 atom stereocenters. The van der Waals surface area contributed by atoms with E-state index in [0.29, 0.717) is 6.04 Å². The summed E-state index contributed by atoms with van der Waals surface area (Å²) < 4.78 is 1.14. The van der Waals surface area contributed by atoms with Gasteiger partial charge in [-0.3, -0.25) is 4.98 Å². The zero-order chi connectivity index (χ0) is 13.5. The van der Waals surface area contributed by atoms with E-state index in [1.54, 1.807) is 0 Å². The molecule has 0 amide bonds. The van der Waals surface area contributed by atoms with Gasteiger partial charge in [-0.15, -0.1) is 0 Å². The van der Waals surface area contributed by atoms with Crippen LogP contribution in [0.4, 0.5) is 0 Å². The fourth-order valence-electron chi connectivity index (χ4n) is 2.16. The molecule has 0 fully saturated rings. The van der Waals surface area contributed by atoms with Crippen molar-refractivity contribution in [2.75, 3.05) is 6.54 Å². The molecule has 0 saturated carbocycles. The monoisotopic (exact) mass is 318 g/mol. The first-order valence-electron chi connectivity index (χ1n) is 6.67. The standard InChI is InChI=1S/C16H19BrN2/c1-2-16(14-6-3-7-15(17)11-14)19-10-8-13-5-4-9-18-12-13/h3-7,9,11-12,16,19H,2,8,10H2,1H3. The van der Waals surface area contributed by atoms with E-state index in [4.69, 9.17) is 0 Å². The van der Waals surface area contributed by atoms with Crippen LogP contribution >= 0.6 is 15.9 Å². The van der Waals surface area contributed by atoms with E-state index in [-0.39, 0.29) is 0 Å². The van der Waals surface area contributed by atoms with Crippen molar-refractivity contribution in [3.63, 3.8) is 0 Å². The maximum absolute atomic E-state index is 4.14. The van der Waals surface area contributed by atoms with E-state index in [2.05, 4.69) is 63.5 Å². The highest BCUT2D eigenvalue weighted by atomic mass is 79.9. The molecule has 1 unspecified atom stereocenters. The number of hydrogen-bond donors (Lipinski definition) is 1. The van der Waals surface area contributed by atoms with Gasteiger partial charge < -0.3 is 5.32 Å². The second-order valence-corrected chi connectivity index (χ2v) is 5.50. The Morgan fingerprint density at radius 3 is 2.84 bits per heavy atom. The minimum Gasteiger partial charge on any atom is -0.310 e. The summed E-state index contributed by atoms with van der Waals surface area (Å²) in [5, 5.41) is 3.61. The van der Waals surface area contributed by atoms with Crippen LogP contribution in [0.1, 0.15) is 30.5 Å². The van der Waals surface area contributed by atoms with Crippen molar-refractivity contribution in [3.05, 3.63) is 64.4 Å². The van der Waals surface area contributed by atoms with Crippen molar-refractivity contribution in [1.82, 2.24) is 10.3 Å². The molecule has 19 heavy (non-hydrogen) atoms. The Balaban J connectivity index is 1.89. The molecule has 1 aromatic heterocycles. The molecular weight excluding hydrogens is 300 g/mol. The van der Waals surface area contributed by atoms with E-state index in [1.807, 2.05) is 18.5 Å². The Labute approximate surface area is 123 Å². The molecular formula is C16H19BrN2. The molecule has 100 valence electrons. The van der Waals surface area contributed by atoms with Gasteiger partial charge in [-0.2, -0.15) is 0 Å². The molecule has 3 heteroatoms. The van der Waals surface area contributed by atoms with Gasteiger partial charge >= 0.3 is 0 Å². The highest BCUT2D eigenvalue weighted by Crippen LogP contribution is 2.20. The number of pyridine rings is 1. The van der Waals surface area contributed by atoms with Gasteiger partial charge in [-0.25, -0.2) is 0 Å². The lowest BCUT2D eigenvalue weighted by Crippen LogP contribution is -2.23. The highest BCUT2D eigenvalue weighted by molar-refractivity contribution is 9.10.